The molecule has 1 aromatic rings. The van der Waals surface area contributed by atoms with Crippen molar-refractivity contribution in [1.29, 1.82) is 0 Å². The standard InChI is InChI=1S/C21H35NO3/c1-16(2)14-20(22-12-7-13-23-3)21(10-6-11-21)17-8-9-18(24-4)19(15-17)25-5/h8-9,15-16,20,22H,6-7,10-14H2,1-5H3. The molecule has 0 spiro atoms. The van der Waals surface area contributed by atoms with Gasteiger partial charge in [0.2, 0.25) is 0 Å². The summed E-state index contributed by atoms with van der Waals surface area (Å²) in [5.74, 6) is 2.29. The van der Waals surface area contributed by atoms with Crippen LogP contribution < -0.4 is 14.8 Å². The van der Waals surface area contributed by atoms with Crippen LogP contribution in [-0.4, -0.2) is 40.5 Å². The number of ether oxygens (including phenoxy) is 3. The van der Waals surface area contributed by atoms with Crippen molar-refractivity contribution in [2.24, 2.45) is 5.92 Å². The van der Waals surface area contributed by atoms with Crippen LogP contribution in [-0.2, 0) is 10.2 Å². The van der Waals surface area contributed by atoms with E-state index in [1.807, 2.05) is 6.07 Å². The molecule has 1 unspecified atom stereocenters. The van der Waals surface area contributed by atoms with Gasteiger partial charge in [0.05, 0.1) is 14.2 Å². The van der Waals surface area contributed by atoms with E-state index >= 15 is 0 Å². The molecule has 1 aliphatic carbocycles. The molecule has 0 aliphatic heterocycles. The minimum absolute atomic E-state index is 0.205. The third-order valence-corrected chi connectivity index (χ3v) is 5.49. The normalized spacial score (nSPS) is 17.2. The first-order valence-corrected chi connectivity index (χ1v) is 9.52. The molecule has 1 aromatic carbocycles. The highest BCUT2D eigenvalue weighted by Gasteiger charge is 2.45. The van der Waals surface area contributed by atoms with E-state index < -0.39 is 0 Å². The Balaban J connectivity index is 2.24. The van der Waals surface area contributed by atoms with E-state index in [0.717, 1.165) is 31.1 Å². The van der Waals surface area contributed by atoms with E-state index in [-0.39, 0.29) is 5.41 Å². The summed E-state index contributed by atoms with van der Waals surface area (Å²) in [6, 6.07) is 6.94. The first-order chi connectivity index (χ1) is 12.1. The van der Waals surface area contributed by atoms with Crippen LogP contribution in [0.3, 0.4) is 0 Å². The van der Waals surface area contributed by atoms with Crippen molar-refractivity contribution in [2.45, 2.75) is 57.4 Å². The van der Waals surface area contributed by atoms with Gasteiger partial charge in [-0.3, -0.25) is 0 Å². The Labute approximate surface area is 153 Å². The average Bonchev–Trinajstić information content (AvgIpc) is 2.56. The van der Waals surface area contributed by atoms with Crippen molar-refractivity contribution in [2.75, 3.05) is 34.5 Å². The van der Waals surface area contributed by atoms with Crippen molar-refractivity contribution < 1.29 is 14.2 Å². The van der Waals surface area contributed by atoms with Gasteiger partial charge >= 0.3 is 0 Å². The predicted molar refractivity (Wildman–Crippen MR) is 103 cm³/mol. The highest BCUT2D eigenvalue weighted by atomic mass is 16.5. The Kier molecular flexibility index (Phi) is 7.57. The number of hydrogen-bond acceptors (Lipinski definition) is 4. The second-order valence-corrected chi connectivity index (χ2v) is 7.56. The van der Waals surface area contributed by atoms with Crippen molar-refractivity contribution in [3.05, 3.63) is 23.8 Å². The highest BCUT2D eigenvalue weighted by molar-refractivity contribution is 5.46. The fraction of sp³-hybridized carbons (Fsp3) is 0.714. The zero-order valence-corrected chi connectivity index (χ0v) is 16.6. The zero-order valence-electron chi connectivity index (χ0n) is 16.6. The first-order valence-electron chi connectivity index (χ1n) is 9.52. The summed E-state index contributed by atoms with van der Waals surface area (Å²) in [4.78, 5) is 0. The van der Waals surface area contributed by atoms with Gasteiger partial charge in [-0.1, -0.05) is 26.3 Å². The quantitative estimate of drug-likeness (QED) is 0.609. The molecule has 0 aromatic heterocycles. The summed E-state index contributed by atoms with van der Waals surface area (Å²) in [7, 11) is 5.17. The molecule has 25 heavy (non-hydrogen) atoms. The fourth-order valence-corrected chi connectivity index (χ4v) is 4.01. The van der Waals surface area contributed by atoms with Crippen molar-refractivity contribution in [3.8, 4) is 11.5 Å². The maximum absolute atomic E-state index is 5.55. The third-order valence-electron chi connectivity index (χ3n) is 5.49. The summed E-state index contributed by atoms with van der Waals surface area (Å²) < 4.78 is 16.2. The highest BCUT2D eigenvalue weighted by Crippen LogP contribution is 2.49. The largest absolute Gasteiger partial charge is 0.493 e. The van der Waals surface area contributed by atoms with Gasteiger partial charge in [-0.05, 0) is 55.8 Å². The molecule has 142 valence electrons. The number of rotatable bonds is 11. The molecule has 0 heterocycles. The van der Waals surface area contributed by atoms with E-state index in [4.69, 9.17) is 14.2 Å². The number of benzene rings is 1. The summed E-state index contributed by atoms with van der Waals surface area (Å²) in [6.45, 7) is 6.43. The van der Waals surface area contributed by atoms with Gasteiger partial charge in [0, 0.05) is 25.2 Å². The number of nitrogens with one attached hydrogen (secondary N) is 1. The lowest BCUT2D eigenvalue weighted by Gasteiger charge is -2.49. The average molecular weight is 350 g/mol. The Morgan fingerprint density at radius 1 is 1.08 bits per heavy atom. The maximum atomic E-state index is 5.55. The van der Waals surface area contributed by atoms with Gasteiger partial charge in [-0.15, -0.1) is 0 Å². The molecule has 4 heteroatoms. The van der Waals surface area contributed by atoms with Crippen LogP contribution in [0.25, 0.3) is 0 Å². The van der Waals surface area contributed by atoms with Crippen LogP contribution in [0.1, 0.15) is 51.5 Å². The molecule has 0 amide bonds. The summed E-state index contributed by atoms with van der Waals surface area (Å²) in [6.07, 6.45) is 5.99. The number of hydrogen-bond donors (Lipinski definition) is 1. The van der Waals surface area contributed by atoms with Gasteiger partial charge in [-0.25, -0.2) is 0 Å². The predicted octanol–water partition coefficient (Wildman–Crippen LogP) is 4.17. The van der Waals surface area contributed by atoms with Crippen LogP contribution >= 0.6 is 0 Å². The van der Waals surface area contributed by atoms with Gasteiger partial charge in [0.1, 0.15) is 0 Å². The molecule has 0 saturated heterocycles. The minimum Gasteiger partial charge on any atom is -0.493 e. The lowest BCUT2D eigenvalue weighted by atomic mass is 9.58. The molecule has 1 N–H and O–H groups in total. The molecular weight excluding hydrogens is 314 g/mol. The van der Waals surface area contributed by atoms with Crippen LogP contribution in [0, 0.1) is 5.92 Å². The molecule has 1 fully saturated rings. The van der Waals surface area contributed by atoms with Crippen molar-refractivity contribution in [1.82, 2.24) is 5.32 Å². The van der Waals surface area contributed by atoms with Gasteiger partial charge in [-0.2, -0.15) is 0 Å². The second kappa shape index (κ2) is 9.44. The molecule has 0 bridgehead atoms. The Bertz CT molecular complexity index is 526. The SMILES string of the molecule is COCCCNC(CC(C)C)C1(c2ccc(OC)c(OC)c2)CCC1. The lowest BCUT2D eigenvalue weighted by Crippen LogP contribution is -2.53. The van der Waals surface area contributed by atoms with E-state index in [9.17, 15) is 0 Å². The Hall–Kier alpha value is -1.26. The summed E-state index contributed by atoms with van der Waals surface area (Å²) >= 11 is 0. The topological polar surface area (TPSA) is 39.7 Å². The third kappa shape index (κ3) is 4.68. The molecule has 1 saturated carbocycles. The smallest absolute Gasteiger partial charge is 0.161 e. The monoisotopic (exact) mass is 349 g/mol. The molecule has 1 aliphatic rings. The lowest BCUT2D eigenvalue weighted by molar-refractivity contribution is 0.144. The van der Waals surface area contributed by atoms with Crippen LogP contribution in [0.5, 0.6) is 11.5 Å². The fourth-order valence-electron chi connectivity index (χ4n) is 4.01. The maximum Gasteiger partial charge on any atom is 0.161 e. The first kappa shape index (κ1) is 20.1. The molecule has 1 atom stereocenters. The van der Waals surface area contributed by atoms with Gasteiger partial charge in [0.15, 0.2) is 11.5 Å². The minimum atomic E-state index is 0.205. The Morgan fingerprint density at radius 2 is 1.80 bits per heavy atom. The van der Waals surface area contributed by atoms with E-state index in [1.165, 1.54) is 31.2 Å². The van der Waals surface area contributed by atoms with Gasteiger partial charge < -0.3 is 19.5 Å². The summed E-state index contributed by atoms with van der Waals surface area (Å²) in [5.41, 5.74) is 1.58. The van der Waals surface area contributed by atoms with Crippen molar-refractivity contribution in [3.63, 3.8) is 0 Å². The van der Waals surface area contributed by atoms with E-state index in [0.29, 0.717) is 12.0 Å². The van der Waals surface area contributed by atoms with E-state index in [1.54, 1.807) is 21.3 Å². The van der Waals surface area contributed by atoms with E-state index in [2.05, 4.69) is 31.3 Å². The van der Waals surface area contributed by atoms with Crippen LogP contribution in [0.15, 0.2) is 18.2 Å². The second-order valence-electron chi connectivity index (χ2n) is 7.56. The van der Waals surface area contributed by atoms with Crippen LogP contribution in [0.2, 0.25) is 0 Å². The molecule has 4 nitrogen and oxygen atoms in total. The molecule has 2 rings (SSSR count). The molecular formula is C21H35NO3. The van der Waals surface area contributed by atoms with Crippen LogP contribution in [0.4, 0.5) is 0 Å². The molecule has 0 radical (unpaired) electrons. The Morgan fingerprint density at radius 3 is 2.32 bits per heavy atom. The van der Waals surface area contributed by atoms with Crippen molar-refractivity contribution >= 4 is 0 Å². The van der Waals surface area contributed by atoms with Gasteiger partial charge in [0.25, 0.3) is 0 Å². The summed E-state index contributed by atoms with van der Waals surface area (Å²) in [5, 5.41) is 3.84. The zero-order chi connectivity index (χ0) is 18.3. The number of methoxy groups -OCH3 is 3.